The third-order valence-electron chi connectivity index (χ3n) is 8.43. The highest BCUT2D eigenvalue weighted by atomic mass is 16.5. The number of benzene rings is 2. The van der Waals surface area contributed by atoms with Crippen molar-refractivity contribution in [2.24, 2.45) is 5.41 Å². The summed E-state index contributed by atoms with van der Waals surface area (Å²) in [5.41, 5.74) is 9.70. The van der Waals surface area contributed by atoms with Crippen LogP contribution in [0.25, 0.3) is 11.1 Å². The summed E-state index contributed by atoms with van der Waals surface area (Å²) in [6.45, 7) is 5.00. The fraction of sp³-hybridized carbons (Fsp3) is 0.400. The molecule has 1 heterocycles. The number of aromatic nitrogens is 1. The maximum atomic E-state index is 13.4. The zero-order valence-corrected chi connectivity index (χ0v) is 26.5. The fourth-order valence-electron chi connectivity index (χ4n) is 5.46. The molecule has 0 saturated heterocycles. The van der Waals surface area contributed by atoms with Crippen LogP contribution in [0.2, 0.25) is 0 Å². The number of nitrogens with two attached hydrogens (primary N) is 1. The Bertz CT molecular complexity index is 1530. The van der Waals surface area contributed by atoms with Gasteiger partial charge in [0, 0.05) is 22.5 Å². The Labute approximate surface area is 264 Å². The molecule has 1 aliphatic carbocycles. The van der Waals surface area contributed by atoms with Crippen LogP contribution in [0.4, 0.5) is 11.5 Å². The number of carbonyl (C=O) groups is 4. The number of unbranched alkanes of at least 4 members (excludes halogenated alkanes) is 1. The van der Waals surface area contributed by atoms with E-state index in [0.29, 0.717) is 56.0 Å². The number of rotatable bonds is 15. The van der Waals surface area contributed by atoms with Crippen molar-refractivity contribution in [1.82, 2.24) is 15.2 Å². The van der Waals surface area contributed by atoms with Crippen molar-refractivity contribution in [1.29, 1.82) is 0 Å². The molecule has 45 heavy (non-hydrogen) atoms. The zero-order chi connectivity index (χ0) is 32.6. The molecule has 0 spiro atoms. The lowest BCUT2D eigenvalue weighted by molar-refractivity contribution is -0.151. The van der Waals surface area contributed by atoms with Gasteiger partial charge in [-0.1, -0.05) is 36.8 Å². The number of nitrogen functional groups attached to an aromatic ring is 1. The first-order valence-corrected chi connectivity index (χ1v) is 15.3. The number of hydrogen-bond donors (Lipinski definition) is 3. The van der Waals surface area contributed by atoms with E-state index in [4.69, 9.17) is 10.5 Å². The van der Waals surface area contributed by atoms with Gasteiger partial charge in [0.2, 0.25) is 17.6 Å². The van der Waals surface area contributed by atoms with Gasteiger partial charge in [0.25, 0.3) is 0 Å². The Hall–Kier alpha value is -4.57. The van der Waals surface area contributed by atoms with Gasteiger partial charge >= 0.3 is 0 Å². The standard InChI is InChI=1S/C35H43N5O5/c1-23-20-28(24(2)37-32(23)36)27-10-5-6-12-30(27)45-22-25-13-15-26(16-14-25)38-33(43)29(11-7-8-19-40(3)4)39-34(44)35(17-9-18-35)31(42)21-41/h5-6,10,12-16,20-21,29H,7-9,11,17-19,22H2,1-4H3,(H2,36,37)(H,38,43)(H,39,44)/t29-/m0/s1. The second kappa shape index (κ2) is 14.9. The number of nitrogens with zero attached hydrogens (tertiary/aromatic N) is 2. The highest BCUT2D eigenvalue weighted by Crippen LogP contribution is 2.42. The molecule has 1 fully saturated rings. The molecular formula is C35H43N5O5. The average Bonchev–Trinajstić information content (AvgIpc) is 2.99. The van der Waals surface area contributed by atoms with Crippen molar-refractivity contribution in [3.05, 3.63) is 71.4 Å². The topological polar surface area (TPSA) is 144 Å². The predicted molar refractivity (Wildman–Crippen MR) is 175 cm³/mol. The van der Waals surface area contributed by atoms with E-state index in [9.17, 15) is 19.2 Å². The number of aryl methyl sites for hydroxylation is 2. The Morgan fingerprint density at radius 3 is 2.40 bits per heavy atom. The summed E-state index contributed by atoms with van der Waals surface area (Å²) < 4.78 is 6.20. The molecule has 0 aliphatic heterocycles. The number of anilines is 2. The van der Waals surface area contributed by atoms with E-state index < -0.39 is 23.1 Å². The fourth-order valence-corrected chi connectivity index (χ4v) is 5.46. The minimum atomic E-state index is -1.36. The van der Waals surface area contributed by atoms with Crippen LogP contribution in [0.3, 0.4) is 0 Å². The minimum Gasteiger partial charge on any atom is -0.488 e. The van der Waals surface area contributed by atoms with Crippen LogP contribution in [-0.2, 0) is 25.8 Å². The molecule has 4 N–H and O–H groups in total. The summed E-state index contributed by atoms with van der Waals surface area (Å²) in [4.78, 5) is 56.5. The summed E-state index contributed by atoms with van der Waals surface area (Å²) in [6.07, 6.45) is 3.49. The van der Waals surface area contributed by atoms with Crippen LogP contribution < -0.4 is 21.1 Å². The molecule has 0 radical (unpaired) electrons. The van der Waals surface area contributed by atoms with Crippen LogP contribution in [-0.4, -0.2) is 60.4 Å². The molecule has 2 aromatic carbocycles. The molecular weight excluding hydrogens is 570 g/mol. The Kier molecular flexibility index (Phi) is 11.1. The summed E-state index contributed by atoms with van der Waals surface area (Å²) in [5.74, 6) is -0.425. The van der Waals surface area contributed by atoms with E-state index in [1.54, 1.807) is 12.1 Å². The quantitative estimate of drug-likeness (QED) is 0.0975. The van der Waals surface area contributed by atoms with Crippen LogP contribution in [0, 0.1) is 19.3 Å². The lowest BCUT2D eigenvalue weighted by Crippen LogP contribution is -2.56. The summed E-state index contributed by atoms with van der Waals surface area (Å²) >= 11 is 0. The van der Waals surface area contributed by atoms with Crippen LogP contribution in [0.1, 0.15) is 55.3 Å². The SMILES string of the molecule is Cc1cc(-c2ccccc2OCc2ccc(NC(=O)[C@H](CCCCN(C)C)NC(=O)C3(C(=O)C=O)CCC3)cc2)c(C)nc1N. The molecule has 1 aliphatic rings. The van der Waals surface area contributed by atoms with Crippen LogP contribution >= 0.6 is 0 Å². The number of ether oxygens (including phenoxy) is 1. The number of pyridine rings is 1. The number of ketones is 1. The number of nitrogens with one attached hydrogen (secondary N) is 2. The number of hydrogen-bond acceptors (Lipinski definition) is 8. The van der Waals surface area contributed by atoms with Crippen LogP contribution in [0.15, 0.2) is 54.6 Å². The van der Waals surface area contributed by atoms with Gasteiger partial charge in [-0.2, -0.15) is 0 Å². The molecule has 4 rings (SSSR count). The monoisotopic (exact) mass is 613 g/mol. The molecule has 1 aromatic heterocycles. The second-order valence-corrected chi connectivity index (χ2v) is 12.0. The normalized spacial score (nSPS) is 14.2. The van der Waals surface area contributed by atoms with E-state index in [-0.39, 0.29) is 12.2 Å². The maximum absolute atomic E-state index is 13.4. The maximum Gasteiger partial charge on any atom is 0.246 e. The Balaban J connectivity index is 1.41. The van der Waals surface area contributed by atoms with Crippen molar-refractivity contribution in [2.75, 3.05) is 31.7 Å². The van der Waals surface area contributed by atoms with E-state index in [1.165, 1.54) is 0 Å². The smallest absolute Gasteiger partial charge is 0.246 e. The number of Topliss-reactive ketones (excluding diaryl/α,β-unsaturated/α-hetero) is 1. The van der Waals surface area contributed by atoms with Gasteiger partial charge in [-0.15, -0.1) is 0 Å². The van der Waals surface area contributed by atoms with Gasteiger partial charge in [-0.25, -0.2) is 4.98 Å². The van der Waals surface area contributed by atoms with Gasteiger partial charge in [-0.3, -0.25) is 19.2 Å². The van der Waals surface area contributed by atoms with Crippen molar-refractivity contribution >= 4 is 35.4 Å². The molecule has 238 valence electrons. The molecule has 3 aromatic rings. The zero-order valence-electron chi connectivity index (χ0n) is 26.5. The number of amides is 2. The Morgan fingerprint density at radius 2 is 1.76 bits per heavy atom. The van der Waals surface area contributed by atoms with Crippen molar-refractivity contribution in [3.8, 4) is 16.9 Å². The molecule has 0 bridgehead atoms. The first-order valence-electron chi connectivity index (χ1n) is 15.3. The largest absolute Gasteiger partial charge is 0.488 e. The lowest BCUT2D eigenvalue weighted by atomic mass is 9.65. The molecule has 0 unspecified atom stereocenters. The number of para-hydroxylation sites is 1. The Morgan fingerprint density at radius 1 is 1.04 bits per heavy atom. The highest BCUT2D eigenvalue weighted by Gasteiger charge is 2.51. The highest BCUT2D eigenvalue weighted by molar-refractivity contribution is 6.33. The first kappa shape index (κ1) is 33.3. The molecule has 10 heteroatoms. The van der Waals surface area contributed by atoms with E-state index >= 15 is 0 Å². The molecule has 1 atom stereocenters. The van der Waals surface area contributed by atoms with Gasteiger partial charge in [0.05, 0.1) is 0 Å². The molecule has 10 nitrogen and oxygen atoms in total. The summed E-state index contributed by atoms with van der Waals surface area (Å²) in [7, 11) is 3.95. The average molecular weight is 614 g/mol. The van der Waals surface area contributed by atoms with Crippen LogP contribution in [0.5, 0.6) is 5.75 Å². The third kappa shape index (κ3) is 8.13. The summed E-state index contributed by atoms with van der Waals surface area (Å²) in [6, 6.07) is 16.3. The van der Waals surface area contributed by atoms with E-state index in [1.807, 2.05) is 70.4 Å². The predicted octanol–water partition coefficient (Wildman–Crippen LogP) is 4.62. The van der Waals surface area contributed by atoms with Crippen molar-refractivity contribution in [2.45, 2.75) is 65.0 Å². The van der Waals surface area contributed by atoms with Crippen molar-refractivity contribution in [3.63, 3.8) is 0 Å². The second-order valence-electron chi connectivity index (χ2n) is 12.0. The van der Waals surface area contributed by atoms with Gasteiger partial charge < -0.3 is 26.0 Å². The summed E-state index contributed by atoms with van der Waals surface area (Å²) in [5, 5.41) is 5.69. The van der Waals surface area contributed by atoms with E-state index in [2.05, 4.69) is 20.5 Å². The minimum absolute atomic E-state index is 0.214. The number of carbonyl (C=O) groups excluding carboxylic acids is 4. The van der Waals surface area contributed by atoms with Gasteiger partial charge in [0.15, 0.2) is 6.29 Å². The van der Waals surface area contributed by atoms with Gasteiger partial charge in [-0.05, 0) is 102 Å². The van der Waals surface area contributed by atoms with Gasteiger partial charge in [0.1, 0.15) is 29.6 Å². The lowest BCUT2D eigenvalue weighted by Gasteiger charge is -2.38. The third-order valence-corrected chi connectivity index (χ3v) is 8.43. The van der Waals surface area contributed by atoms with E-state index in [0.717, 1.165) is 40.9 Å². The molecule has 1 saturated carbocycles. The van der Waals surface area contributed by atoms with Crippen molar-refractivity contribution < 1.29 is 23.9 Å². The number of aldehydes is 1. The first-order chi connectivity index (χ1) is 21.5. The molecule has 2 amide bonds.